The van der Waals surface area contributed by atoms with Gasteiger partial charge in [-0.3, -0.25) is 0 Å². The zero-order chi connectivity index (χ0) is 11.5. The summed E-state index contributed by atoms with van der Waals surface area (Å²) in [5.74, 6) is 0. The molecule has 0 bridgehead atoms. The summed E-state index contributed by atoms with van der Waals surface area (Å²) in [4.78, 5) is 13.2. The molecule has 0 spiro atoms. The SMILES string of the molecule is CN(CC(C)(C)O)C(=O)NC1CCCC1. The second-order valence-electron chi connectivity index (χ2n) is 5.10. The summed E-state index contributed by atoms with van der Waals surface area (Å²) < 4.78 is 0. The largest absolute Gasteiger partial charge is 0.389 e. The Morgan fingerprint density at radius 1 is 1.47 bits per heavy atom. The monoisotopic (exact) mass is 214 g/mol. The summed E-state index contributed by atoms with van der Waals surface area (Å²) in [6.45, 7) is 3.75. The molecule has 1 aliphatic rings. The molecule has 1 rings (SSSR count). The molecule has 4 nitrogen and oxygen atoms in total. The van der Waals surface area contributed by atoms with Gasteiger partial charge in [0.25, 0.3) is 0 Å². The molecule has 1 fully saturated rings. The van der Waals surface area contributed by atoms with Crippen LogP contribution in [-0.4, -0.2) is 41.3 Å². The number of rotatable bonds is 3. The van der Waals surface area contributed by atoms with Crippen LogP contribution in [0.3, 0.4) is 0 Å². The molecule has 1 aliphatic carbocycles. The minimum atomic E-state index is -0.832. The maximum Gasteiger partial charge on any atom is 0.317 e. The molecule has 0 saturated heterocycles. The van der Waals surface area contributed by atoms with Crippen molar-refractivity contribution in [1.82, 2.24) is 10.2 Å². The van der Waals surface area contributed by atoms with E-state index >= 15 is 0 Å². The first-order chi connectivity index (χ1) is 6.88. The Bertz CT molecular complexity index is 217. The molecule has 0 heterocycles. The molecule has 2 N–H and O–H groups in total. The maximum atomic E-state index is 11.7. The standard InChI is InChI=1S/C11H22N2O2/c1-11(2,15)8-13(3)10(14)12-9-6-4-5-7-9/h9,15H,4-8H2,1-3H3,(H,12,14). The number of hydrogen-bond acceptors (Lipinski definition) is 2. The Morgan fingerprint density at radius 3 is 2.47 bits per heavy atom. The van der Waals surface area contributed by atoms with E-state index < -0.39 is 5.60 Å². The number of urea groups is 1. The summed E-state index contributed by atoms with van der Waals surface area (Å²) in [6, 6.07) is 0.255. The van der Waals surface area contributed by atoms with E-state index in [0.29, 0.717) is 12.6 Å². The fourth-order valence-corrected chi connectivity index (χ4v) is 2.01. The number of nitrogens with zero attached hydrogens (tertiary/aromatic N) is 1. The van der Waals surface area contributed by atoms with Gasteiger partial charge in [-0.05, 0) is 26.7 Å². The molecule has 4 heteroatoms. The van der Waals surface area contributed by atoms with E-state index in [9.17, 15) is 9.90 Å². The van der Waals surface area contributed by atoms with E-state index in [1.54, 1.807) is 25.8 Å². The van der Waals surface area contributed by atoms with Crippen molar-refractivity contribution in [3.8, 4) is 0 Å². The smallest absolute Gasteiger partial charge is 0.317 e. The van der Waals surface area contributed by atoms with Crippen molar-refractivity contribution in [1.29, 1.82) is 0 Å². The van der Waals surface area contributed by atoms with E-state index in [1.807, 2.05) is 0 Å². The van der Waals surface area contributed by atoms with Gasteiger partial charge < -0.3 is 15.3 Å². The third kappa shape index (κ3) is 4.51. The Balaban J connectivity index is 2.32. The van der Waals surface area contributed by atoms with Crippen molar-refractivity contribution in [3.63, 3.8) is 0 Å². The van der Waals surface area contributed by atoms with Crippen molar-refractivity contribution in [3.05, 3.63) is 0 Å². The predicted octanol–water partition coefficient (Wildman–Crippen LogP) is 1.34. The first-order valence-electron chi connectivity index (χ1n) is 5.62. The van der Waals surface area contributed by atoms with Gasteiger partial charge in [0.1, 0.15) is 0 Å². The molecule has 88 valence electrons. The highest BCUT2D eigenvalue weighted by Crippen LogP contribution is 2.17. The first-order valence-corrected chi connectivity index (χ1v) is 5.62. The molecule has 0 aromatic rings. The van der Waals surface area contributed by atoms with E-state index in [1.165, 1.54) is 12.8 Å². The lowest BCUT2D eigenvalue weighted by Crippen LogP contribution is -2.47. The van der Waals surface area contributed by atoms with Crippen LogP contribution in [0.4, 0.5) is 4.79 Å². The van der Waals surface area contributed by atoms with Gasteiger partial charge in [-0.1, -0.05) is 12.8 Å². The van der Waals surface area contributed by atoms with Crippen molar-refractivity contribution in [2.45, 2.75) is 51.2 Å². The van der Waals surface area contributed by atoms with Gasteiger partial charge in [0.15, 0.2) is 0 Å². The summed E-state index contributed by atoms with van der Waals surface area (Å²) in [6.07, 6.45) is 4.59. The zero-order valence-electron chi connectivity index (χ0n) is 9.92. The molecule has 0 unspecified atom stereocenters. The topological polar surface area (TPSA) is 52.6 Å². The van der Waals surface area contributed by atoms with E-state index in [-0.39, 0.29) is 6.03 Å². The van der Waals surface area contributed by atoms with Gasteiger partial charge >= 0.3 is 6.03 Å². The van der Waals surface area contributed by atoms with Crippen molar-refractivity contribution in [2.75, 3.05) is 13.6 Å². The first kappa shape index (κ1) is 12.3. The third-order valence-electron chi connectivity index (χ3n) is 2.65. The van der Waals surface area contributed by atoms with Crippen LogP contribution < -0.4 is 5.32 Å². The van der Waals surface area contributed by atoms with Crippen molar-refractivity contribution < 1.29 is 9.90 Å². The molecule has 0 aromatic heterocycles. The van der Waals surface area contributed by atoms with Gasteiger partial charge in [0, 0.05) is 13.1 Å². The van der Waals surface area contributed by atoms with E-state index in [2.05, 4.69) is 5.32 Å². The molecule has 2 amide bonds. The highest BCUT2D eigenvalue weighted by Gasteiger charge is 2.22. The highest BCUT2D eigenvalue weighted by atomic mass is 16.3. The molecule has 15 heavy (non-hydrogen) atoms. The minimum absolute atomic E-state index is 0.0796. The molecule has 1 saturated carbocycles. The van der Waals surface area contributed by atoms with Crippen LogP contribution in [0.5, 0.6) is 0 Å². The molecular formula is C11H22N2O2. The summed E-state index contributed by atoms with van der Waals surface area (Å²) in [5, 5.41) is 12.6. The summed E-state index contributed by atoms with van der Waals surface area (Å²) >= 11 is 0. The molecular weight excluding hydrogens is 192 g/mol. The lowest BCUT2D eigenvalue weighted by Gasteiger charge is -2.27. The number of aliphatic hydroxyl groups is 1. The highest BCUT2D eigenvalue weighted by molar-refractivity contribution is 5.74. The van der Waals surface area contributed by atoms with Gasteiger partial charge in [0.2, 0.25) is 0 Å². The van der Waals surface area contributed by atoms with Crippen LogP contribution in [-0.2, 0) is 0 Å². The van der Waals surface area contributed by atoms with Crippen LogP contribution in [0.25, 0.3) is 0 Å². The fraction of sp³-hybridized carbons (Fsp3) is 0.909. The second-order valence-corrected chi connectivity index (χ2v) is 5.10. The normalized spacial score (nSPS) is 17.9. The average Bonchev–Trinajstić information content (AvgIpc) is 2.53. The molecule has 0 atom stereocenters. The maximum absolute atomic E-state index is 11.7. The van der Waals surface area contributed by atoms with Crippen molar-refractivity contribution >= 4 is 6.03 Å². The molecule has 0 aromatic carbocycles. The van der Waals surface area contributed by atoms with Gasteiger partial charge in [-0.25, -0.2) is 4.79 Å². The number of carbonyl (C=O) groups is 1. The Hall–Kier alpha value is -0.770. The van der Waals surface area contributed by atoms with Crippen LogP contribution in [0.15, 0.2) is 0 Å². The van der Waals surface area contributed by atoms with Gasteiger partial charge in [-0.2, -0.15) is 0 Å². The summed E-state index contributed by atoms with van der Waals surface area (Å²) in [7, 11) is 1.71. The lowest BCUT2D eigenvalue weighted by molar-refractivity contribution is 0.0528. The molecule has 0 aliphatic heterocycles. The van der Waals surface area contributed by atoms with Gasteiger partial charge in [0.05, 0.1) is 12.1 Å². The van der Waals surface area contributed by atoms with Crippen LogP contribution >= 0.6 is 0 Å². The molecule has 0 radical (unpaired) electrons. The Morgan fingerprint density at radius 2 is 2.00 bits per heavy atom. The minimum Gasteiger partial charge on any atom is -0.389 e. The van der Waals surface area contributed by atoms with Crippen LogP contribution in [0.2, 0.25) is 0 Å². The summed E-state index contributed by atoms with van der Waals surface area (Å²) in [5.41, 5.74) is -0.832. The average molecular weight is 214 g/mol. The van der Waals surface area contributed by atoms with Crippen LogP contribution in [0.1, 0.15) is 39.5 Å². The quantitative estimate of drug-likeness (QED) is 0.745. The van der Waals surface area contributed by atoms with Crippen LogP contribution in [0, 0.1) is 0 Å². The number of amides is 2. The predicted molar refractivity (Wildman–Crippen MR) is 59.7 cm³/mol. The second kappa shape index (κ2) is 4.84. The van der Waals surface area contributed by atoms with E-state index in [4.69, 9.17) is 0 Å². The Kier molecular flexibility index (Phi) is 3.97. The number of likely N-dealkylation sites (N-methyl/N-ethyl adjacent to an activating group) is 1. The third-order valence-corrected chi connectivity index (χ3v) is 2.65. The number of hydrogen-bond donors (Lipinski definition) is 2. The lowest BCUT2D eigenvalue weighted by atomic mass is 10.1. The van der Waals surface area contributed by atoms with Crippen molar-refractivity contribution in [2.24, 2.45) is 0 Å². The Labute approximate surface area is 91.6 Å². The number of nitrogens with one attached hydrogen (secondary N) is 1. The fourth-order valence-electron chi connectivity index (χ4n) is 2.01. The number of carbonyl (C=O) groups excluding carboxylic acids is 1. The van der Waals surface area contributed by atoms with Gasteiger partial charge in [-0.15, -0.1) is 0 Å². The zero-order valence-corrected chi connectivity index (χ0v) is 9.92. The van der Waals surface area contributed by atoms with E-state index in [0.717, 1.165) is 12.8 Å².